The number of nitrogens with one attached hydrogen (secondary N) is 2. The molecule has 2 heterocycles. The normalized spacial score (nSPS) is 17.7. The second-order valence-corrected chi connectivity index (χ2v) is 9.21. The molecule has 2 fully saturated rings. The quantitative estimate of drug-likeness (QED) is 0.278. The van der Waals surface area contributed by atoms with Crippen molar-refractivity contribution in [3.05, 3.63) is 41.3 Å². The number of hydrogen-bond donors (Lipinski definition) is 2. The molecule has 176 valence electrons. The van der Waals surface area contributed by atoms with Crippen molar-refractivity contribution in [2.24, 2.45) is 4.99 Å². The van der Waals surface area contributed by atoms with Crippen LogP contribution < -0.4 is 25.0 Å². The summed E-state index contributed by atoms with van der Waals surface area (Å²) in [7, 11) is 3.53. The minimum Gasteiger partial charge on any atom is -0.497 e. The largest absolute Gasteiger partial charge is 0.497 e. The zero-order chi connectivity index (χ0) is 21.5. The molecule has 1 aromatic heterocycles. The highest BCUT2D eigenvalue weighted by molar-refractivity contribution is 14.0. The lowest BCUT2D eigenvalue weighted by Gasteiger charge is -2.33. The number of anilines is 1. The molecule has 1 aliphatic heterocycles. The van der Waals surface area contributed by atoms with Gasteiger partial charge >= 0.3 is 0 Å². The van der Waals surface area contributed by atoms with Gasteiger partial charge in [0.2, 0.25) is 0 Å². The van der Waals surface area contributed by atoms with Crippen molar-refractivity contribution in [2.75, 3.05) is 32.1 Å². The summed E-state index contributed by atoms with van der Waals surface area (Å²) in [4.78, 5) is 6.93. The van der Waals surface area contributed by atoms with Crippen molar-refractivity contribution >= 4 is 46.3 Å². The van der Waals surface area contributed by atoms with Gasteiger partial charge in [-0.05, 0) is 68.2 Å². The van der Waals surface area contributed by atoms with Crippen LogP contribution in [0.3, 0.4) is 0 Å². The Morgan fingerprint density at radius 2 is 1.94 bits per heavy atom. The van der Waals surface area contributed by atoms with Crippen LogP contribution in [0.5, 0.6) is 11.5 Å². The summed E-state index contributed by atoms with van der Waals surface area (Å²) in [5.41, 5.74) is 1.13. The van der Waals surface area contributed by atoms with Gasteiger partial charge in [0.05, 0.1) is 18.2 Å². The molecular formula is C24H35IN4O2S. The standard InChI is InChI=1S/C24H34N4O2S.HI/c1-25-24(27-19-11-13-28(14-12-19)23-8-5-15-31-23)26-17-18-9-10-21(29-2)16-22(18)30-20-6-3-4-7-20;/h5,8-10,15-16,19-20H,3-4,6-7,11-14,17H2,1-2H3,(H2,25,26,27);1H. The van der Waals surface area contributed by atoms with Gasteiger partial charge in [-0.25, -0.2) is 0 Å². The number of halogens is 1. The van der Waals surface area contributed by atoms with Gasteiger partial charge in [0, 0.05) is 44.4 Å². The fourth-order valence-corrected chi connectivity index (χ4v) is 5.15. The number of piperidine rings is 1. The van der Waals surface area contributed by atoms with E-state index in [0.717, 1.165) is 61.8 Å². The van der Waals surface area contributed by atoms with E-state index in [1.165, 1.54) is 17.8 Å². The van der Waals surface area contributed by atoms with E-state index in [2.05, 4.69) is 44.1 Å². The Kier molecular flexibility index (Phi) is 9.77. The monoisotopic (exact) mass is 570 g/mol. The van der Waals surface area contributed by atoms with Crippen LogP contribution in [0.15, 0.2) is 40.7 Å². The third-order valence-electron chi connectivity index (χ3n) is 6.19. The fraction of sp³-hybridized carbons (Fsp3) is 0.542. The summed E-state index contributed by atoms with van der Waals surface area (Å²) in [6.07, 6.45) is 7.31. The Balaban J connectivity index is 0.00000289. The molecule has 1 saturated heterocycles. The van der Waals surface area contributed by atoms with E-state index in [-0.39, 0.29) is 24.0 Å². The minimum atomic E-state index is 0. The number of methoxy groups -OCH3 is 1. The Labute approximate surface area is 212 Å². The number of thiophene rings is 1. The van der Waals surface area contributed by atoms with Crippen LogP contribution in [0.4, 0.5) is 5.00 Å². The summed E-state index contributed by atoms with van der Waals surface area (Å²) >= 11 is 1.82. The molecule has 1 saturated carbocycles. The zero-order valence-electron chi connectivity index (χ0n) is 19.0. The maximum absolute atomic E-state index is 6.33. The molecule has 1 aromatic carbocycles. The van der Waals surface area contributed by atoms with Crippen LogP contribution in [0.2, 0.25) is 0 Å². The lowest BCUT2D eigenvalue weighted by molar-refractivity contribution is 0.207. The fourth-order valence-electron chi connectivity index (χ4n) is 4.36. The van der Waals surface area contributed by atoms with Crippen LogP contribution >= 0.6 is 35.3 Å². The van der Waals surface area contributed by atoms with E-state index in [9.17, 15) is 0 Å². The molecule has 4 rings (SSSR count). The van der Waals surface area contributed by atoms with Crippen molar-refractivity contribution in [1.82, 2.24) is 10.6 Å². The molecule has 0 amide bonds. The molecule has 0 atom stereocenters. The number of ether oxygens (including phenoxy) is 2. The first-order chi connectivity index (χ1) is 15.2. The average Bonchev–Trinajstić information content (AvgIpc) is 3.52. The van der Waals surface area contributed by atoms with E-state index < -0.39 is 0 Å². The first-order valence-electron chi connectivity index (χ1n) is 11.3. The number of hydrogen-bond acceptors (Lipinski definition) is 5. The van der Waals surface area contributed by atoms with Gasteiger partial charge in [0.25, 0.3) is 0 Å². The van der Waals surface area contributed by atoms with E-state index in [1.54, 1.807) is 7.11 Å². The summed E-state index contributed by atoms with van der Waals surface area (Å²) < 4.78 is 11.7. The Morgan fingerprint density at radius 3 is 2.59 bits per heavy atom. The summed E-state index contributed by atoms with van der Waals surface area (Å²) in [5, 5.41) is 10.6. The van der Waals surface area contributed by atoms with Gasteiger partial charge in [-0.2, -0.15) is 0 Å². The SMILES string of the molecule is CN=C(NCc1ccc(OC)cc1OC1CCCC1)NC1CCN(c2cccs2)CC1.I. The smallest absolute Gasteiger partial charge is 0.191 e. The van der Waals surface area contributed by atoms with Crippen LogP contribution in [0, 0.1) is 0 Å². The molecule has 2 N–H and O–H groups in total. The lowest BCUT2D eigenvalue weighted by atomic mass is 10.1. The van der Waals surface area contributed by atoms with Crippen molar-refractivity contribution in [2.45, 2.75) is 57.2 Å². The Hall–Kier alpha value is -1.68. The molecule has 2 aliphatic rings. The van der Waals surface area contributed by atoms with Crippen molar-refractivity contribution < 1.29 is 9.47 Å². The van der Waals surface area contributed by atoms with Crippen LogP contribution in [-0.4, -0.2) is 45.4 Å². The minimum absolute atomic E-state index is 0. The summed E-state index contributed by atoms with van der Waals surface area (Å²) in [6.45, 7) is 2.82. The van der Waals surface area contributed by atoms with Gasteiger partial charge in [-0.3, -0.25) is 4.99 Å². The molecule has 32 heavy (non-hydrogen) atoms. The van der Waals surface area contributed by atoms with E-state index in [1.807, 2.05) is 30.5 Å². The maximum atomic E-state index is 6.33. The highest BCUT2D eigenvalue weighted by atomic mass is 127. The van der Waals surface area contributed by atoms with Crippen molar-refractivity contribution in [3.8, 4) is 11.5 Å². The van der Waals surface area contributed by atoms with Crippen molar-refractivity contribution in [3.63, 3.8) is 0 Å². The predicted molar refractivity (Wildman–Crippen MR) is 144 cm³/mol. The van der Waals surface area contributed by atoms with Gasteiger partial charge in [0.1, 0.15) is 11.5 Å². The molecule has 2 aromatic rings. The molecule has 0 bridgehead atoms. The summed E-state index contributed by atoms with van der Waals surface area (Å²) in [5.74, 6) is 2.59. The van der Waals surface area contributed by atoms with Crippen molar-refractivity contribution in [1.29, 1.82) is 0 Å². The topological polar surface area (TPSA) is 58.1 Å². The molecule has 0 spiro atoms. The van der Waals surface area contributed by atoms with Crippen LogP contribution in [0.25, 0.3) is 0 Å². The van der Waals surface area contributed by atoms with E-state index >= 15 is 0 Å². The molecular weight excluding hydrogens is 535 g/mol. The Bertz CT molecular complexity index is 848. The van der Waals surface area contributed by atoms with Gasteiger partial charge < -0.3 is 25.0 Å². The highest BCUT2D eigenvalue weighted by Crippen LogP contribution is 2.30. The molecule has 8 heteroatoms. The number of aliphatic imine (C=N–C) groups is 1. The van der Waals surface area contributed by atoms with Gasteiger partial charge in [-0.15, -0.1) is 35.3 Å². The predicted octanol–water partition coefficient (Wildman–Crippen LogP) is 5.03. The maximum Gasteiger partial charge on any atom is 0.191 e. The van der Waals surface area contributed by atoms with Crippen LogP contribution in [0.1, 0.15) is 44.1 Å². The van der Waals surface area contributed by atoms with E-state index in [0.29, 0.717) is 18.7 Å². The van der Waals surface area contributed by atoms with Crippen LogP contribution in [-0.2, 0) is 6.54 Å². The Morgan fingerprint density at radius 1 is 1.16 bits per heavy atom. The second-order valence-electron chi connectivity index (χ2n) is 8.28. The number of guanidine groups is 1. The third kappa shape index (κ3) is 6.66. The first kappa shape index (κ1) is 25.0. The molecule has 6 nitrogen and oxygen atoms in total. The highest BCUT2D eigenvalue weighted by Gasteiger charge is 2.21. The second kappa shape index (κ2) is 12.5. The summed E-state index contributed by atoms with van der Waals surface area (Å²) in [6, 6.07) is 10.9. The van der Waals surface area contributed by atoms with Gasteiger partial charge in [-0.1, -0.05) is 0 Å². The van der Waals surface area contributed by atoms with E-state index in [4.69, 9.17) is 9.47 Å². The number of benzene rings is 1. The average molecular weight is 571 g/mol. The molecule has 1 aliphatic carbocycles. The number of nitrogens with zero attached hydrogens (tertiary/aromatic N) is 2. The first-order valence-corrected chi connectivity index (χ1v) is 12.2. The van der Waals surface area contributed by atoms with Gasteiger partial charge in [0.15, 0.2) is 5.96 Å². The third-order valence-corrected chi connectivity index (χ3v) is 7.12. The zero-order valence-corrected chi connectivity index (χ0v) is 22.2. The lowest BCUT2D eigenvalue weighted by Crippen LogP contribution is -2.48. The molecule has 0 radical (unpaired) electrons. The molecule has 0 unspecified atom stereocenters. The number of rotatable bonds is 7.